The number of nitrogens with zero attached hydrogens (tertiary/aromatic N) is 3. The van der Waals surface area contributed by atoms with E-state index in [-0.39, 0.29) is 10.5 Å². The molecular weight excluding hydrogens is 352 g/mol. The van der Waals surface area contributed by atoms with E-state index in [0.717, 1.165) is 12.2 Å². The van der Waals surface area contributed by atoms with Gasteiger partial charge in [0.05, 0.1) is 10.6 Å². The van der Waals surface area contributed by atoms with Crippen molar-refractivity contribution >= 4 is 25.2 Å². The molecule has 24 heavy (non-hydrogen) atoms. The minimum absolute atomic E-state index is 0.0125. The maximum Gasteiger partial charge on any atom is 0.277 e. The van der Waals surface area contributed by atoms with E-state index >= 15 is 0 Å². The average Bonchev–Trinajstić information content (AvgIpc) is 2.83. The van der Waals surface area contributed by atoms with Crippen LogP contribution in [-0.2, 0) is 15.5 Å². The number of rotatable bonds is 4. The molecule has 1 aromatic carbocycles. The summed E-state index contributed by atoms with van der Waals surface area (Å²) in [6, 6.07) is 5.83. The predicted octanol–water partition coefficient (Wildman–Crippen LogP) is 2.27. The number of aromatic amines is 1. The maximum absolute atomic E-state index is 12.4. The van der Waals surface area contributed by atoms with Gasteiger partial charge in [0.1, 0.15) is 5.82 Å². The molecule has 0 atom stereocenters. The molecule has 0 bridgehead atoms. The molecule has 9 heteroatoms. The average molecular weight is 367 g/mol. The summed E-state index contributed by atoms with van der Waals surface area (Å²) in [5.41, 5.74) is 1.33. The fourth-order valence-electron chi connectivity index (χ4n) is 2.53. The first kappa shape index (κ1) is 16.7. The van der Waals surface area contributed by atoms with Crippen LogP contribution in [0.4, 0.5) is 0 Å². The van der Waals surface area contributed by atoms with E-state index in [1.807, 2.05) is 6.92 Å². The second kappa shape index (κ2) is 6.03. The third-order valence-corrected chi connectivity index (χ3v) is 5.00. The van der Waals surface area contributed by atoms with Crippen LogP contribution in [-0.4, -0.2) is 28.0 Å². The zero-order chi connectivity index (χ0) is 17.5. The molecule has 0 amide bonds. The SMILES string of the molecule is CCCc1nc(C)c2c(=O)[nH]c(-c3ccc(S(=O)(=O)Cl)cc3)nn12. The van der Waals surface area contributed by atoms with Crippen LogP contribution in [0.15, 0.2) is 34.0 Å². The fraction of sp³-hybridized carbons (Fsp3) is 0.267. The van der Waals surface area contributed by atoms with E-state index in [4.69, 9.17) is 10.7 Å². The van der Waals surface area contributed by atoms with Gasteiger partial charge in [-0.3, -0.25) is 4.79 Å². The first-order valence-corrected chi connectivity index (χ1v) is 9.66. The minimum Gasteiger partial charge on any atom is -0.303 e. The fourth-order valence-corrected chi connectivity index (χ4v) is 3.30. The van der Waals surface area contributed by atoms with Crippen molar-refractivity contribution in [3.05, 3.63) is 46.1 Å². The summed E-state index contributed by atoms with van der Waals surface area (Å²) in [5, 5.41) is 4.45. The van der Waals surface area contributed by atoms with Gasteiger partial charge in [-0.1, -0.05) is 6.92 Å². The molecule has 0 aliphatic rings. The number of nitrogens with one attached hydrogen (secondary N) is 1. The molecule has 0 aliphatic carbocycles. The van der Waals surface area contributed by atoms with E-state index in [0.29, 0.717) is 29.0 Å². The van der Waals surface area contributed by atoms with E-state index < -0.39 is 9.05 Å². The topological polar surface area (TPSA) is 97.2 Å². The summed E-state index contributed by atoms with van der Waals surface area (Å²) in [4.78, 5) is 19.5. The third kappa shape index (κ3) is 2.94. The lowest BCUT2D eigenvalue weighted by Crippen LogP contribution is -2.15. The van der Waals surface area contributed by atoms with Crippen molar-refractivity contribution in [3.8, 4) is 11.4 Å². The Balaban J connectivity index is 2.17. The van der Waals surface area contributed by atoms with E-state index in [2.05, 4.69) is 15.1 Å². The van der Waals surface area contributed by atoms with Crippen LogP contribution in [0.1, 0.15) is 24.9 Å². The highest BCUT2D eigenvalue weighted by Crippen LogP contribution is 2.20. The van der Waals surface area contributed by atoms with Crippen molar-refractivity contribution in [2.45, 2.75) is 31.6 Å². The van der Waals surface area contributed by atoms with E-state index in [1.54, 1.807) is 23.6 Å². The number of H-pyrrole nitrogens is 1. The Kier molecular flexibility index (Phi) is 4.18. The lowest BCUT2D eigenvalue weighted by atomic mass is 10.2. The molecule has 2 heterocycles. The molecule has 0 unspecified atom stereocenters. The van der Waals surface area contributed by atoms with Crippen LogP contribution in [0.25, 0.3) is 16.9 Å². The van der Waals surface area contributed by atoms with Gasteiger partial charge < -0.3 is 4.98 Å². The Morgan fingerprint density at radius 1 is 1.25 bits per heavy atom. The van der Waals surface area contributed by atoms with Crippen LogP contribution in [0.3, 0.4) is 0 Å². The molecule has 3 aromatic rings. The summed E-state index contributed by atoms with van der Waals surface area (Å²) < 4.78 is 24.2. The van der Waals surface area contributed by atoms with Crippen molar-refractivity contribution < 1.29 is 8.42 Å². The van der Waals surface area contributed by atoms with Crippen LogP contribution in [0, 0.1) is 6.92 Å². The van der Waals surface area contributed by atoms with Gasteiger partial charge in [-0.05, 0) is 37.6 Å². The van der Waals surface area contributed by atoms with Gasteiger partial charge in [-0.25, -0.2) is 17.9 Å². The summed E-state index contributed by atoms with van der Waals surface area (Å²) in [7, 11) is 1.51. The second-order valence-electron chi connectivity index (χ2n) is 5.39. The van der Waals surface area contributed by atoms with Crippen LogP contribution in [0.2, 0.25) is 0 Å². The molecule has 0 aliphatic heterocycles. The summed E-state index contributed by atoms with van der Waals surface area (Å²) in [6.07, 6.45) is 1.58. The molecule has 3 rings (SSSR count). The van der Waals surface area contributed by atoms with Gasteiger partial charge in [-0.15, -0.1) is 5.10 Å². The number of aryl methyl sites for hydroxylation is 2. The molecule has 2 aromatic heterocycles. The molecule has 0 saturated heterocycles. The van der Waals surface area contributed by atoms with Crippen molar-refractivity contribution in [1.82, 2.24) is 19.6 Å². The number of fused-ring (bicyclic) bond motifs is 1. The lowest BCUT2D eigenvalue weighted by molar-refractivity contribution is 0.609. The van der Waals surface area contributed by atoms with Crippen molar-refractivity contribution in [1.29, 1.82) is 0 Å². The Hall–Kier alpha value is -2.19. The molecule has 0 spiro atoms. The molecular formula is C15H15ClN4O3S. The van der Waals surface area contributed by atoms with Gasteiger partial charge in [0, 0.05) is 22.7 Å². The van der Waals surface area contributed by atoms with Crippen molar-refractivity contribution in [3.63, 3.8) is 0 Å². The van der Waals surface area contributed by atoms with Crippen LogP contribution < -0.4 is 5.56 Å². The molecule has 0 fully saturated rings. The van der Waals surface area contributed by atoms with Gasteiger partial charge in [0.2, 0.25) is 0 Å². The van der Waals surface area contributed by atoms with Crippen molar-refractivity contribution in [2.24, 2.45) is 0 Å². The Morgan fingerprint density at radius 3 is 2.50 bits per heavy atom. The summed E-state index contributed by atoms with van der Waals surface area (Å²) in [6.45, 7) is 3.79. The van der Waals surface area contributed by atoms with Crippen molar-refractivity contribution in [2.75, 3.05) is 0 Å². The van der Waals surface area contributed by atoms with Gasteiger partial charge >= 0.3 is 0 Å². The monoisotopic (exact) mass is 366 g/mol. The first-order chi connectivity index (χ1) is 11.3. The maximum atomic E-state index is 12.4. The Labute approximate surface area is 142 Å². The normalized spacial score (nSPS) is 12.0. The lowest BCUT2D eigenvalue weighted by Gasteiger charge is -2.04. The Bertz CT molecular complexity index is 1070. The highest BCUT2D eigenvalue weighted by atomic mass is 35.7. The predicted molar refractivity (Wildman–Crippen MR) is 90.8 cm³/mol. The molecule has 1 N–H and O–H groups in total. The molecule has 126 valence electrons. The quantitative estimate of drug-likeness (QED) is 0.714. The van der Waals surface area contributed by atoms with E-state index in [1.165, 1.54) is 12.1 Å². The third-order valence-electron chi connectivity index (χ3n) is 3.63. The van der Waals surface area contributed by atoms with E-state index in [9.17, 15) is 13.2 Å². The largest absolute Gasteiger partial charge is 0.303 e. The van der Waals surface area contributed by atoms with Crippen LogP contribution >= 0.6 is 10.7 Å². The number of hydrogen-bond donors (Lipinski definition) is 1. The number of imidazole rings is 1. The summed E-state index contributed by atoms with van der Waals surface area (Å²) >= 11 is 0. The molecule has 0 radical (unpaired) electrons. The minimum atomic E-state index is -3.79. The highest BCUT2D eigenvalue weighted by Gasteiger charge is 2.15. The van der Waals surface area contributed by atoms with Crippen LogP contribution in [0.5, 0.6) is 0 Å². The number of halogens is 1. The van der Waals surface area contributed by atoms with Gasteiger partial charge in [0.15, 0.2) is 11.3 Å². The highest BCUT2D eigenvalue weighted by molar-refractivity contribution is 8.13. The zero-order valence-electron chi connectivity index (χ0n) is 13.1. The summed E-state index contributed by atoms with van der Waals surface area (Å²) in [5.74, 6) is 1.05. The standard InChI is InChI=1S/C15H15ClN4O3S/c1-3-4-12-17-9(2)13-15(21)18-14(19-20(12)13)10-5-7-11(8-6-10)24(16,22)23/h5-8H,3-4H2,1-2H3,(H,18,19,21). The van der Waals surface area contributed by atoms with Gasteiger partial charge in [-0.2, -0.15) is 0 Å². The van der Waals surface area contributed by atoms with Gasteiger partial charge in [0.25, 0.3) is 14.6 Å². The number of hydrogen-bond acceptors (Lipinski definition) is 5. The zero-order valence-corrected chi connectivity index (χ0v) is 14.6. The number of aromatic nitrogens is 4. The first-order valence-electron chi connectivity index (χ1n) is 7.35. The number of benzene rings is 1. The second-order valence-corrected chi connectivity index (χ2v) is 7.95. The molecule has 0 saturated carbocycles. The Morgan fingerprint density at radius 2 is 1.92 bits per heavy atom. The smallest absolute Gasteiger partial charge is 0.277 e. The molecule has 7 nitrogen and oxygen atoms in total.